The fourth-order valence-electron chi connectivity index (χ4n) is 1.51. The minimum Gasteiger partial charge on any atom is -0.497 e. The highest BCUT2D eigenvalue weighted by Gasteiger charge is 2.11. The molecule has 1 aromatic carbocycles. The number of carboxylic acids is 1. The Kier molecular flexibility index (Phi) is 5.94. The van der Waals surface area contributed by atoms with Crippen LogP contribution in [-0.2, 0) is 9.59 Å². The molecule has 0 aromatic heterocycles. The minimum absolute atomic E-state index is 0.327. The van der Waals surface area contributed by atoms with Gasteiger partial charge in [-0.25, -0.2) is 9.59 Å². The van der Waals surface area contributed by atoms with E-state index in [2.05, 4.69) is 5.32 Å². The third-order valence-electron chi connectivity index (χ3n) is 2.58. The molecule has 1 aromatic rings. The van der Waals surface area contributed by atoms with Gasteiger partial charge in [-0.3, -0.25) is 10.1 Å². The van der Waals surface area contributed by atoms with Gasteiger partial charge in [0.15, 0.2) is 0 Å². The molecule has 0 fully saturated rings. The Morgan fingerprint density at radius 2 is 1.81 bits per heavy atom. The molecule has 1 atom stereocenters. The molecule has 0 aliphatic rings. The van der Waals surface area contributed by atoms with Crippen LogP contribution in [0.3, 0.4) is 0 Å². The number of amides is 3. The van der Waals surface area contributed by atoms with E-state index in [0.29, 0.717) is 11.8 Å². The number of hydrogen-bond acceptors (Lipinski definition) is 4. The molecule has 21 heavy (non-hydrogen) atoms. The van der Waals surface area contributed by atoms with E-state index in [1.165, 1.54) is 0 Å². The minimum atomic E-state index is -1.27. The Morgan fingerprint density at radius 1 is 1.19 bits per heavy atom. The first-order chi connectivity index (χ1) is 9.92. The van der Waals surface area contributed by atoms with Crippen LogP contribution in [0.25, 0.3) is 0 Å². The van der Waals surface area contributed by atoms with Gasteiger partial charge < -0.3 is 15.2 Å². The van der Waals surface area contributed by atoms with Crippen molar-refractivity contribution in [3.05, 3.63) is 42.0 Å². The molecule has 1 rings (SSSR count). The Bertz CT molecular complexity index is 551. The third-order valence-corrected chi connectivity index (χ3v) is 2.58. The largest absolute Gasteiger partial charge is 0.497 e. The fraction of sp³-hybridized carbons (Fsp3) is 0.214. The zero-order valence-electron chi connectivity index (χ0n) is 11.6. The van der Waals surface area contributed by atoms with Crippen molar-refractivity contribution in [1.82, 2.24) is 10.6 Å². The lowest BCUT2D eigenvalue weighted by Crippen LogP contribution is -2.39. The van der Waals surface area contributed by atoms with Gasteiger partial charge in [-0.2, -0.15) is 0 Å². The van der Waals surface area contributed by atoms with E-state index >= 15 is 0 Å². The summed E-state index contributed by atoms with van der Waals surface area (Å²) in [5.41, 5.74) is 0.833. The molecule has 0 saturated carbocycles. The van der Waals surface area contributed by atoms with Crippen molar-refractivity contribution in [1.29, 1.82) is 0 Å². The molecule has 0 saturated heterocycles. The lowest BCUT2D eigenvalue weighted by Gasteiger charge is -2.14. The maximum Gasteiger partial charge on any atom is 0.328 e. The third kappa shape index (κ3) is 5.77. The first kappa shape index (κ1) is 16.2. The molecule has 0 aliphatic heterocycles. The molecule has 0 aliphatic carbocycles. The summed E-state index contributed by atoms with van der Waals surface area (Å²) in [5.74, 6) is -1.38. The summed E-state index contributed by atoms with van der Waals surface area (Å²) in [5, 5.41) is 12.9. The van der Waals surface area contributed by atoms with Gasteiger partial charge in [0.1, 0.15) is 5.75 Å². The maximum absolute atomic E-state index is 11.6. The van der Waals surface area contributed by atoms with Crippen molar-refractivity contribution in [3.63, 3.8) is 0 Å². The highest BCUT2D eigenvalue weighted by Crippen LogP contribution is 2.16. The van der Waals surface area contributed by atoms with Crippen molar-refractivity contribution < 1.29 is 24.2 Å². The van der Waals surface area contributed by atoms with Crippen molar-refractivity contribution >= 4 is 17.9 Å². The summed E-state index contributed by atoms with van der Waals surface area (Å²) in [6.07, 6.45) is 1.41. The van der Waals surface area contributed by atoms with Gasteiger partial charge in [-0.15, -0.1) is 0 Å². The van der Waals surface area contributed by atoms with E-state index in [1.807, 2.05) is 5.32 Å². The second-order valence-corrected chi connectivity index (χ2v) is 4.13. The van der Waals surface area contributed by atoms with Gasteiger partial charge >= 0.3 is 12.0 Å². The van der Waals surface area contributed by atoms with Crippen LogP contribution in [0, 0.1) is 0 Å². The molecule has 3 amide bonds. The first-order valence-corrected chi connectivity index (χ1v) is 6.09. The molecular formula is C14H16N2O5. The Balaban J connectivity index is 2.53. The van der Waals surface area contributed by atoms with Gasteiger partial charge in [0.2, 0.25) is 0 Å². The molecule has 7 heteroatoms. The lowest BCUT2D eigenvalue weighted by molar-refractivity contribution is -0.131. The molecule has 1 unspecified atom stereocenters. The number of benzene rings is 1. The number of ether oxygens (including phenoxy) is 1. The van der Waals surface area contributed by atoms with Gasteiger partial charge in [-0.1, -0.05) is 12.1 Å². The molecule has 3 N–H and O–H groups in total. The summed E-state index contributed by atoms with van der Waals surface area (Å²) in [6, 6.07) is 6.05. The second kappa shape index (κ2) is 7.68. The highest BCUT2D eigenvalue weighted by molar-refractivity contribution is 6.02. The number of urea groups is 1. The van der Waals surface area contributed by atoms with Crippen LogP contribution in [0.15, 0.2) is 36.4 Å². The van der Waals surface area contributed by atoms with Crippen LogP contribution in [0.2, 0.25) is 0 Å². The van der Waals surface area contributed by atoms with Crippen molar-refractivity contribution in [2.24, 2.45) is 0 Å². The molecule has 0 spiro atoms. The van der Waals surface area contributed by atoms with E-state index in [-0.39, 0.29) is 6.04 Å². The van der Waals surface area contributed by atoms with E-state index in [1.54, 1.807) is 38.3 Å². The molecule has 112 valence electrons. The number of carbonyl (C=O) groups excluding carboxylic acids is 2. The smallest absolute Gasteiger partial charge is 0.328 e. The second-order valence-electron chi connectivity index (χ2n) is 4.13. The van der Waals surface area contributed by atoms with Crippen molar-refractivity contribution in [3.8, 4) is 5.75 Å². The number of methoxy groups -OCH3 is 1. The predicted octanol–water partition coefficient (Wildman–Crippen LogP) is 1.22. The van der Waals surface area contributed by atoms with E-state index in [4.69, 9.17) is 9.84 Å². The predicted molar refractivity (Wildman–Crippen MR) is 74.9 cm³/mol. The zero-order chi connectivity index (χ0) is 15.8. The Hall–Kier alpha value is -2.83. The summed E-state index contributed by atoms with van der Waals surface area (Å²) >= 11 is 0. The molecular weight excluding hydrogens is 276 g/mol. The Labute approximate surface area is 121 Å². The van der Waals surface area contributed by atoms with Crippen LogP contribution in [-0.4, -0.2) is 30.1 Å². The standard InChI is InChI=1S/C14H16N2O5/c1-9(10-3-5-11(21-2)6-4-10)15-14(20)16-12(17)7-8-13(18)19/h3-9H,1-2H3,(H,18,19)(H2,15,16,17,20). The molecule has 0 heterocycles. The van der Waals surface area contributed by atoms with Crippen molar-refractivity contribution in [2.75, 3.05) is 7.11 Å². The number of carboxylic acid groups (broad SMARTS) is 1. The first-order valence-electron chi connectivity index (χ1n) is 6.09. The highest BCUT2D eigenvalue weighted by atomic mass is 16.5. The average molecular weight is 292 g/mol. The van der Waals surface area contributed by atoms with Crippen molar-refractivity contribution in [2.45, 2.75) is 13.0 Å². The van der Waals surface area contributed by atoms with Crippen LogP contribution in [0.5, 0.6) is 5.75 Å². The van der Waals surface area contributed by atoms with Crippen LogP contribution >= 0.6 is 0 Å². The maximum atomic E-state index is 11.6. The zero-order valence-corrected chi connectivity index (χ0v) is 11.6. The molecule has 7 nitrogen and oxygen atoms in total. The van der Waals surface area contributed by atoms with Gasteiger partial charge in [0.25, 0.3) is 5.91 Å². The van der Waals surface area contributed by atoms with Gasteiger partial charge in [-0.05, 0) is 24.6 Å². The molecule has 0 bridgehead atoms. The summed E-state index contributed by atoms with van der Waals surface area (Å²) < 4.78 is 5.03. The molecule has 0 radical (unpaired) electrons. The average Bonchev–Trinajstić information content (AvgIpc) is 2.45. The number of aliphatic carboxylic acids is 1. The SMILES string of the molecule is COc1ccc(C(C)NC(=O)NC(=O)C=CC(=O)O)cc1. The Morgan fingerprint density at radius 3 is 2.33 bits per heavy atom. The topological polar surface area (TPSA) is 105 Å². The van der Waals surface area contributed by atoms with Gasteiger partial charge in [0, 0.05) is 12.2 Å². The van der Waals surface area contributed by atoms with Crippen LogP contribution in [0.4, 0.5) is 4.79 Å². The number of rotatable bonds is 5. The number of imide groups is 1. The lowest BCUT2D eigenvalue weighted by atomic mass is 10.1. The van der Waals surface area contributed by atoms with Crippen LogP contribution < -0.4 is 15.4 Å². The van der Waals surface area contributed by atoms with Gasteiger partial charge in [0.05, 0.1) is 13.2 Å². The van der Waals surface area contributed by atoms with E-state index in [0.717, 1.165) is 11.6 Å². The number of carbonyl (C=O) groups is 3. The van der Waals surface area contributed by atoms with Crippen LogP contribution in [0.1, 0.15) is 18.5 Å². The normalized spacial score (nSPS) is 11.7. The summed E-state index contributed by atoms with van der Waals surface area (Å²) in [4.78, 5) is 33.0. The number of hydrogen-bond donors (Lipinski definition) is 3. The summed E-state index contributed by atoms with van der Waals surface area (Å²) in [7, 11) is 1.56. The van der Waals surface area contributed by atoms with E-state index in [9.17, 15) is 14.4 Å². The van der Waals surface area contributed by atoms with E-state index < -0.39 is 17.9 Å². The summed E-state index contributed by atoms with van der Waals surface area (Å²) in [6.45, 7) is 1.75. The fourth-order valence-corrected chi connectivity index (χ4v) is 1.51. The quantitative estimate of drug-likeness (QED) is 0.708. The number of nitrogens with one attached hydrogen (secondary N) is 2. The monoisotopic (exact) mass is 292 g/mol.